The molecule has 0 radical (unpaired) electrons. The van der Waals surface area contributed by atoms with Gasteiger partial charge in [0, 0.05) is 24.7 Å². The second kappa shape index (κ2) is 2.33. The van der Waals surface area contributed by atoms with Crippen molar-refractivity contribution in [3.63, 3.8) is 0 Å². The quantitative estimate of drug-likeness (QED) is 0.611. The zero-order chi connectivity index (χ0) is 8.72. The minimum absolute atomic E-state index is 0.118. The largest absolute Gasteiger partial charge is 0.332 e. The van der Waals surface area contributed by atoms with Crippen molar-refractivity contribution in [3.05, 3.63) is 17.0 Å². The highest BCUT2D eigenvalue weighted by Crippen LogP contribution is 2.22. The topological polar surface area (TPSA) is 49.0 Å². The van der Waals surface area contributed by atoms with Gasteiger partial charge < -0.3 is 4.90 Å². The van der Waals surface area contributed by atoms with Gasteiger partial charge in [-0.3, -0.25) is 9.89 Å². The molecule has 0 aromatic carbocycles. The lowest BCUT2D eigenvalue weighted by Gasteiger charge is -2.11. The Balaban J connectivity index is 2.28. The van der Waals surface area contributed by atoms with Crippen LogP contribution >= 0.6 is 0 Å². The Hall–Kier alpha value is -1.32. The first-order valence-corrected chi connectivity index (χ1v) is 3.96. The lowest BCUT2D eigenvalue weighted by Crippen LogP contribution is -2.22. The summed E-state index contributed by atoms with van der Waals surface area (Å²) >= 11 is 0. The molecule has 0 unspecified atom stereocenters. The predicted octanol–water partition coefficient (Wildman–Crippen LogP) is 0.580. The summed E-state index contributed by atoms with van der Waals surface area (Å²) in [5.41, 5.74) is 3.28. The molecule has 0 fully saturated rings. The summed E-state index contributed by atoms with van der Waals surface area (Å²) in [5, 5.41) is 7.02. The van der Waals surface area contributed by atoms with Crippen LogP contribution in [-0.2, 0) is 17.9 Å². The summed E-state index contributed by atoms with van der Waals surface area (Å²) < 4.78 is 0. The Kier molecular flexibility index (Phi) is 1.43. The molecule has 1 aliphatic rings. The van der Waals surface area contributed by atoms with Gasteiger partial charge in [0.05, 0.1) is 12.2 Å². The molecule has 2 rings (SSSR count). The number of aryl methyl sites for hydroxylation is 1. The maximum atomic E-state index is 11.0. The van der Waals surface area contributed by atoms with Crippen LogP contribution in [0.2, 0.25) is 0 Å². The minimum atomic E-state index is 0.118. The zero-order valence-electron chi connectivity index (χ0n) is 7.22. The fourth-order valence-electron chi connectivity index (χ4n) is 1.49. The molecule has 12 heavy (non-hydrogen) atoms. The van der Waals surface area contributed by atoms with Gasteiger partial charge in [-0.25, -0.2) is 0 Å². The number of amides is 1. The van der Waals surface area contributed by atoms with E-state index in [9.17, 15) is 4.79 Å². The first kappa shape index (κ1) is 7.34. The van der Waals surface area contributed by atoms with Crippen molar-refractivity contribution in [2.24, 2.45) is 0 Å². The average molecular weight is 165 g/mol. The van der Waals surface area contributed by atoms with Crippen LogP contribution in [0.5, 0.6) is 0 Å². The van der Waals surface area contributed by atoms with Crippen LogP contribution in [0.25, 0.3) is 0 Å². The maximum Gasteiger partial charge on any atom is 0.220 e. The molecular weight excluding hydrogens is 154 g/mol. The molecule has 1 aliphatic heterocycles. The summed E-state index contributed by atoms with van der Waals surface area (Å²) in [4.78, 5) is 12.8. The van der Waals surface area contributed by atoms with E-state index in [0.717, 1.165) is 11.4 Å². The smallest absolute Gasteiger partial charge is 0.220 e. The van der Waals surface area contributed by atoms with E-state index in [1.54, 1.807) is 11.8 Å². The molecule has 4 nitrogen and oxygen atoms in total. The van der Waals surface area contributed by atoms with E-state index < -0.39 is 0 Å². The van der Waals surface area contributed by atoms with Gasteiger partial charge in [-0.2, -0.15) is 5.10 Å². The summed E-state index contributed by atoms with van der Waals surface area (Å²) in [5.74, 6) is 0.118. The number of aromatic amines is 1. The van der Waals surface area contributed by atoms with Crippen LogP contribution in [-0.4, -0.2) is 21.0 Å². The first-order valence-electron chi connectivity index (χ1n) is 3.96. The second-order valence-electron chi connectivity index (χ2n) is 3.15. The molecule has 0 spiro atoms. The minimum Gasteiger partial charge on any atom is -0.332 e. The SMILES string of the molecule is CC(=O)N1Cc2n[nH]c(C)c2C1. The monoisotopic (exact) mass is 165 g/mol. The highest BCUT2D eigenvalue weighted by atomic mass is 16.2. The molecule has 0 bridgehead atoms. The molecule has 64 valence electrons. The Labute approximate surface area is 70.6 Å². The van der Waals surface area contributed by atoms with Crippen molar-refractivity contribution >= 4 is 5.91 Å². The van der Waals surface area contributed by atoms with Crippen molar-refractivity contribution in [2.45, 2.75) is 26.9 Å². The summed E-state index contributed by atoms with van der Waals surface area (Å²) in [7, 11) is 0. The number of nitrogens with zero attached hydrogens (tertiary/aromatic N) is 2. The molecule has 1 aromatic rings. The third-order valence-corrected chi connectivity index (χ3v) is 2.29. The molecule has 1 amide bonds. The number of nitrogens with one attached hydrogen (secondary N) is 1. The fraction of sp³-hybridized carbons (Fsp3) is 0.500. The van der Waals surface area contributed by atoms with E-state index in [2.05, 4.69) is 10.2 Å². The number of hydrogen-bond acceptors (Lipinski definition) is 2. The summed E-state index contributed by atoms with van der Waals surface area (Å²) in [6.07, 6.45) is 0. The van der Waals surface area contributed by atoms with Gasteiger partial charge in [0.2, 0.25) is 5.91 Å². The summed E-state index contributed by atoms with van der Waals surface area (Å²) in [6.45, 7) is 4.95. The van der Waals surface area contributed by atoms with Crippen molar-refractivity contribution in [2.75, 3.05) is 0 Å². The van der Waals surface area contributed by atoms with Gasteiger partial charge in [0.1, 0.15) is 0 Å². The van der Waals surface area contributed by atoms with E-state index in [1.807, 2.05) is 6.92 Å². The van der Waals surface area contributed by atoms with Gasteiger partial charge in [0.25, 0.3) is 0 Å². The Morgan fingerprint density at radius 1 is 1.58 bits per heavy atom. The number of fused-ring (bicyclic) bond motifs is 1. The molecular formula is C8H11N3O. The van der Waals surface area contributed by atoms with Gasteiger partial charge in [-0.15, -0.1) is 0 Å². The van der Waals surface area contributed by atoms with E-state index in [1.165, 1.54) is 5.56 Å². The first-order chi connectivity index (χ1) is 5.68. The average Bonchev–Trinajstić information content (AvgIpc) is 2.53. The highest BCUT2D eigenvalue weighted by molar-refractivity contribution is 5.74. The maximum absolute atomic E-state index is 11.0. The van der Waals surface area contributed by atoms with E-state index in [4.69, 9.17) is 0 Å². The highest BCUT2D eigenvalue weighted by Gasteiger charge is 2.24. The molecule has 1 aromatic heterocycles. The number of carbonyl (C=O) groups is 1. The third kappa shape index (κ3) is 0.913. The van der Waals surface area contributed by atoms with Crippen LogP contribution in [0.4, 0.5) is 0 Å². The van der Waals surface area contributed by atoms with Gasteiger partial charge in [0.15, 0.2) is 0 Å². The number of carbonyl (C=O) groups excluding carboxylic acids is 1. The molecule has 0 saturated carbocycles. The Morgan fingerprint density at radius 2 is 2.33 bits per heavy atom. The van der Waals surface area contributed by atoms with E-state index in [0.29, 0.717) is 13.1 Å². The number of rotatable bonds is 0. The van der Waals surface area contributed by atoms with Crippen LogP contribution < -0.4 is 0 Å². The van der Waals surface area contributed by atoms with Crippen LogP contribution in [0.1, 0.15) is 23.9 Å². The van der Waals surface area contributed by atoms with Gasteiger partial charge >= 0.3 is 0 Å². The van der Waals surface area contributed by atoms with Crippen molar-refractivity contribution in [1.29, 1.82) is 0 Å². The third-order valence-electron chi connectivity index (χ3n) is 2.29. The van der Waals surface area contributed by atoms with Crippen LogP contribution in [0.15, 0.2) is 0 Å². The lowest BCUT2D eigenvalue weighted by molar-refractivity contribution is -0.129. The number of H-pyrrole nitrogens is 1. The number of hydrogen-bond donors (Lipinski definition) is 1. The van der Waals surface area contributed by atoms with Gasteiger partial charge in [-0.1, -0.05) is 0 Å². The summed E-state index contributed by atoms with van der Waals surface area (Å²) in [6, 6.07) is 0. The normalized spacial score (nSPS) is 15.0. The van der Waals surface area contributed by atoms with Crippen LogP contribution in [0.3, 0.4) is 0 Å². The molecule has 0 aliphatic carbocycles. The van der Waals surface area contributed by atoms with Crippen molar-refractivity contribution < 1.29 is 4.79 Å². The fourth-order valence-corrected chi connectivity index (χ4v) is 1.49. The Morgan fingerprint density at radius 3 is 2.92 bits per heavy atom. The second-order valence-corrected chi connectivity index (χ2v) is 3.15. The lowest BCUT2D eigenvalue weighted by atomic mass is 10.2. The van der Waals surface area contributed by atoms with E-state index in [-0.39, 0.29) is 5.91 Å². The van der Waals surface area contributed by atoms with Gasteiger partial charge in [-0.05, 0) is 6.92 Å². The Bertz CT molecular complexity index is 329. The standard InChI is InChI=1S/C8H11N3O/c1-5-7-3-11(6(2)12)4-8(7)10-9-5/h3-4H2,1-2H3,(H,9,10). The van der Waals surface area contributed by atoms with Crippen molar-refractivity contribution in [1.82, 2.24) is 15.1 Å². The van der Waals surface area contributed by atoms with E-state index >= 15 is 0 Å². The molecule has 0 saturated heterocycles. The zero-order valence-corrected chi connectivity index (χ0v) is 7.22. The van der Waals surface area contributed by atoms with Crippen LogP contribution in [0, 0.1) is 6.92 Å². The number of aromatic nitrogens is 2. The molecule has 4 heteroatoms. The molecule has 2 heterocycles. The molecule has 1 N–H and O–H groups in total. The predicted molar refractivity (Wildman–Crippen MR) is 43.3 cm³/mol. The van der Waals surface area contributed by atoms with Crippen molar-refractivity contribution in [3.8, 4) is 0 Å². The molecule has 0 atom stereocenters.